The fraction of sp³-hybridized carbons (Fsp3) is 0.923. The molecule has 2 aliphatic rings. The maximum absolute atomic E-state index is 11.9. The quantitative estimate of drug-likeness (QED) is 0.675. The first-order valence-electron chi connectivity index (χ1n) is 6.28. The van der Waals surface area contributed by atoms with Gasteiger partial charge in [0.2, 0.25) is 0 Å². The third kappa shape index (κ3) is 2.33. The zero-order chi connectivity index (χ0) is 13.1. The maximum Gasteiger partial charge on any atom is 0.253 e. The van der Waals surface area contributed by atoms with Gasteiger partial charge in [-0.05, 0) is 41.5 Å². The molecule has 1 spiro atoms. The second-order valence-electron chi connectivity index (χ2n) is 7.31. The van der Waals surface area contributed by atoms with Gasteiger partial charge in [0, 0.05) is 23.9 Å². The lowest BCUT2D eigenvalue weighted by molar-refractivity contribution is -0.147. The fourth-order valence-electron chi connectivity index (χ4n) is 3.57. The summed E-state index contributed by atoms with van der Waals surface area (Å²) in [6.45, 7) is 12.3. The number of ether oxygens (including phenoxy) is 1. The van der Waals surface area contributed by atoms with Crippen LogP contribution in [0, 0.1) is 0 Å². The van der Waals surface area contributed by atoms with Crippen molar-refractivity contribution in [2.75, 3.05) is 0 Å². The predicted octanol–water partition coefficient (Wildman–Crippen LogP) is 1.55. The van der Waals surface area contributed by atoms with Crippen molar-refractivity contribution in [1.29, 1.82) is 0 Å². The standard InChI is InChI=1S/C13H24N2O2/c1-10(2)7-13(8-11(3,4)15-10)14-9(16)12(5,6)17-13/h15H,7-8H2,1-6H3,(H,14,16). The molecule has 2 fully saturated rings. The van der Waals surface area contributed by atoms with Crippen LogP contribution < -0.4 is 10.6 Å². The van der Waals surface area contributed by atoms with Crippen LogP contribution in [0.25, 0.3) is 0 Å². The molecule has 4 nitrogen and oxygen atoms in total. The molecule has 1 amide bonds. The van der Waals surface area contributed by atoms with Gasteiger partial charge in [0.15, 0.2) is 0 Å². The number of carbonyl (C=O) groups excluding carboxylic acids is 1. The largest absolute Gasteiger partial charge is 0.340 e. The van der Waals surface area contributed by atoms with Crippen LogP contribution in [0.2, 0.25) is 0 Å². The van der Waals surface area contributed by atoms with Crippen molar-refractivity contribution >= 4 is 5.91 Å². The first-order chi connectivity index (χ1) is 7.46. The number of carbonyl (C=O) groups is 1. The smallest absolute Gasteiger partial charge is 0.253 e. The van der Waals surface area contributed by atoms with Crippen LogP contribution >= 0.6 is 0 Å². The van der Waals surface area contributed by atoms with Gasteiger partial charge in [-0.25, -0.2) is 0 Å². The van der Waals surface area contributed by atoms with Gasteiger partial charge in [-0.15, -0.1) is 0 Å². The Morgan fingerprint density at radius 1 is 1.00 bits per heavy atom. The van der Waals surface area contributed by atoms with E-state index in [0.29, 0.717) is 0 Å². The number of piperidine rings is 1. The summed E-state index contributed by atoms with van der Waals surface area (Å²) < 4.78 is 6.06. The number of hydrogen-bond donors (Lipinski definition) is 2. The first kappa shape index (κ1) is 12.8. The van der Waals surface area contributed by atoms with Gasteiger partial charge in [-0.3, -0.25) is 4.79 Å². The predicted molar refractivity (Wildman–Crippen MR) is 66.6 cm³/mol. The van der Waals surface area contributed by atoms with E-state index >= 15 is 0 Å². The molecule has 0 saturated carbocycles. The summed E-state index contributed by atoms with van der Waals surface area (Å²) in [5, 5.41) is 6.66. The highest BCUT2D eigenvalue weighted by Crippen LogP contribution is 2.42. The normalized spacial score (nSPS) is 32.5. The highest BCUT2D eigenvalue weighted by molar-refractivity contribution is 5.86. The Kier molecular flexibility index (Phi) is 2.44. The summed E-state index contributed by atoms with van der Waals surface area (Å²) in [4.78, 5) is 11.9. The van der Waals surface area contributed by atoms with Gasteiger partial charge < -0.3 is 15.4 Å². The zero-order valence-electron chi connectivity index (χ0n) is 11.7. The Hall–Kier alpha value is -0.610. The lowest BCUT2D eigenvalue weighted by atomic mass is 9.77. The van der Waals surface area contributed by atoms with Gasteiger partial charge in [0.25, 0.3) is 5.91 Å². The van der Waals surface area contributed by atoms with Crippen molar-refractivity contribution in [2.45, 2.75) is 76.8 Å². The minimum absolute atomic E-state index is 0.00833. The zero-order valence-corrected chi connectivity index (χ0v) is 11.7. The molecule has 0 aliphatic carbocycles. The molecular weight excluding hydrogens is 216 g/mol. The van der Waals surface area contributed by atoms with E-state index in [2.05, 4.69) is 38.3 Å². The average Bonchev–Trinajstić information content (AvgIpc) is 2.11. The highest BCUT2D eigenvalue weighted by Gasteiger charge is 2.56. The van der Waals surface area contributed by atoms with Crippen LogP contribution in [-0.4, -0.2) is 28.3 Å². The molecule has 0 aromatic carbocycles. The van der Waals surface area contributed by atoms with Crippen LogP contribution in [-0.2, 0) is 9.53 Å². The molecule has 17 heavy (non-hydrogen) atoms. The van der Waals surface area contributed by atoms with Crippen molar-refractivity contribution in [1.82, 2.24) is 10.6 Å². The van der Waals surface area contributed by atoms with E-state index in [0.717, 1.165) is 12.8 Å². The Balaban J connectivity index is 2.31. The van der Waals surface area contributed by atoms with Gasteiger partial charge in [-0.1, -0.05) is 0 Å². The third-order valence-electron chi connectivity index (χ3n) is 3.47. The number of nitrogens with one attached hydrogen (secondary N) is 2. The molecule has 2 rings (SSSR count). The van der Waals surface area contributed by atoms with E-state index < -0.39 is 11.3 Å². The number of hydrogen-bond acceptors (Lipinski definition) is 3. The monoisotopic (exact) mass is 240 g/mol. The molecule has 0 radical (unpaired) electrons. The molecule has 2 aliphatic heterocycles. The molecule has 0 aromatic heterocycles. The van der Waals surface area contributed by atoms with Crippen molar-refractivity contribution < 1.29 is 9.53 Å². The maximum atomic E-state index is 11.9. The third-order valence-corrected chi connectivity index (χ3v) is 3.47. The van der Waals surface area contributed by atoms with E-state index in [9.17, 15) is 4.79 Å². The molecule has 0 unspecified atom stereocenters. The second-order valence-corrected chi connectivity index (χ2v) is 7.31. The number of rotatable bonds is 0. The second kappa shape index (κ2) is 3.23. The van der Waals surface area contributed by atoms with E-state index in [1.54, 1.807) is 0 Å². The molecule has 4 heteroatoms. The van der Waals surface area contributed by atoms with E-state index in [1.165, 1.54) is 0 Å². The van der Waals surface area contributed by atoms with Crippen molar-refractivity contribution in [2.24, 2.45) is 0 Å². The number of amides is 1. The van der Waals surface area contributed by atoms with Crippen LogP contribution in [0.3, 0.4) is 0 Å². The van der Waals surface area contributed by atoms with Crippen LogP contribution in [0.4, 0.5) is 0 Å². The lowest BCUT2D eigenvalue weighted by Gasteiger charge is -2.51. The molecule has 2 saturated heterocycles. The Morgan fingerprint density at radius 2 is 1.47 bits per heavy atom. The van der Waals surface area contributed by atoms with Crippen LogP contribution in [0.15, 0.2) is 0 Å². The minimum atomic E-state index is -0.719. The molecule has 2 heterocycles. The minimum Gasteiger partial charge on any atom is -0.340 e. The fourth-order valence-corrected chi connectivity index (χ4v) is 3.57. The van der Waals surface area contributed by atoms with Crippen molar-refractivity contribution in [3.8, 4) is 0 Å². The average molecular weight is 240 g/mol. The van der Waals surface area contributed by atoms with Crippen LogP contribution in [0.1, 0.15) is 54.4 Å². The first-order valence-corrected chi connectivity index (χ1v) is 6.28. The van der Waals surface area contributed by atoms with Crippen LogP contribution in [0.5, 0.6) is 0 Å². The molecule has 98 valence electrons. The summed E-state index contributed by atoms with van der Waals surface area (Å²) in [5.74, 6) is -0.00833. The van der Waals surface area contributed by atoms with Gasteiger partial charge in [0.1, 0.15) is 11.3 Å². The topological polar surface area (TPSA) is 50.4 Å². The van der Waals surface area contributed by atoms with Gasteiger partial charge in [0.05, 0.1) is 0 Å². The van der Waals surface area contributed by atoms with E-state index in [-0.39, 0.29) is 17.0 Å². The summed E-state index contributed by atoms with van der Waals surface area (Å²) >= 11 is 0. The molecule has 0 atom stereocenters. The van der Waals surface area contributed by atoms with Crippen molar-refractivity contribution in [3.05, 3.63) is 0 Å². The Bertz CT molecular complexity index is 342. The van der Waals surface area contributed by atoms with E-state index in [1.807, 2.05) is 13.8 Å². The summed E-state index contributed by atoms with van der Waals surface area (Å²) in [5.41, 5.74) is -1.33. The van der Waals surface area contributed by atoms with E-state index in [4.69, 9.17) is 4.74 Å². The summed E-state index contributed by atoms with van der Waals surface area (Å²) in [6, 6.07) is 0. The molecule has 0 bridgehead atoms. The van der Waals surface area contributed by atoms with Crippen molar-refractivity contribution in [3.63, 3.8) is 0 Å². The lowest BCUT2D eigenvalue weighted by Crippen LogP contribution is -2.66. The summed E-state index contributed by atoms with van der Waals surface area (Å²) in [7, 11) is 0. The molecule has 2 N–H and O–H groups in total. The Labute approximate surface area is 103 Å². The highest BCUT2D eigenvalue weighted by atomic mass is 16.6. The van der Waals surface area contributed by atoms with Gasteiger partial charge in [-0.2, -0.15) is 0 Å². The summed E-state index contributed by atoms with van der Waals surface area (Å²) in [6.07, 6.45) is 1.58. The van der Waals surface area contributed by atoms with Gasteiger partial charge >= 0.3 is 0 Å². The molecular formula is C13H24N2O2. The SMILES string of the molecule is CC1(C)CC2(CC(C)(C)N1)NC(=O)C(C)(C)O2. The Morgan fingerprint density at radius 3 is 1.82 bits per heavy atom. The molecule has 0 aromatic rings.